The standard InChI is InChI=1S/C8H18NO6P/c1-8(5-10,6-11)7(12)9-3-2-4-16(13,14)15/h10-11H,2-6H2,1H3,(H,9,12)(H2,13,14,15). The molecule has 96 valence electrons. The van der Waals surface area contributed by atoms with Gasteiger partial charge >= 0.3 is 7.60 Å². The molecule has 0 aromatic rings. The zero-order chi connectivity index (χ0) is 12.8. The van der Waals surface area contributed by atoms with Gasteiger partial charge < -0.3 is 25.3 Å². The minimum absolute atomic E-state index is 0.0968. The van der Waals surface area contributed by atoms with Gasteiger partial charge in [-0.15, -0.1) is 0 Å². The van der Waals surface area contributed by atoms with Crippen molar-refractivity contribution in [3.8, 4) is 0 Å². The molecule has 1 amide bonds. The Labute approximate surface area is 93.6 Å². The maximum atomic E-state index is 11.4. The topological polar surface area (TPSA) is 127 Å². The molecular weight excluding hydrogens is 237 g/mol. The summed E-state index contributed by atoms with van der Waals surface area (Å²) in [7, 11) is -4.03. The second-order valence-electron chi connectivity index (χ2n) is 3.87. The van der Waals surface area contributed by atoms with Crippen LogP contribution in [0.3, 0.4) is 0 Å². The number of hydrogen-bond acceptors (Lipinski definition) is 4. The Morgan fingerprint density at radius 2 is 1.81 bits per heavy atom. The largest absolute Gasteiger partial charge is 0.395 e. The molecule has 0 aromatic heterocycles. The molecule has 0 atom stereocenters. The number of carbonyl (C=O) groups excluding carboxylic acids is 1. The Morgan fingerprint density at radius 3 is 2.19 bits per heavy atom. The van der Waals surface area contributed by atoms with Crippen LogP contribution < -0.4 is 5.32 Å². The van der Waals surface area contributed by atoms with E-state index in [0.717, 1.165) is 0 Å². The van der Waals surface area contributed by atoms with E-state index in [0.29, 0.717) is 0 Å². The number of aliphatic hydroxyl groups is 2. The van der Waals surface area contributed by atoms with Crippen molar-refractivity contribution in [3.63, 3.8) is 0 Å². The van der Waals surface area contributed by atoms with Gasteiger partial charge in [0.15, 0.2) is 0 Å². The summed E-state index contributed by atoms with van der Waals surface area (Å²) in [4.78, 5) is 28.5. The van der Waals surface area contributed by atoms with E-state index < -0.39 is 32.1 Å². The number of aliphatic hydroxyl groups excluding tert-OH is 2. The molecule has 0 saturated carbocycles. The number of amides is 1. The summed E-state index contributed by atoms with van der Waals surface area (Å²) in [6.45, 7) is 0.506. The molecule has 0 rings (SSSR count). The van der Waals surface area contributed by atoms with E-state index in [-0.39, 0.29) is 19.1 Å². The van der Waals surface area contributed by atoms with Gasteiger partial charge in [0, 0.05) is 6.54 Å². The van der Waals surface area contributed by atoms with Crippen molar-refractivity contribution in [2.45, 2.75) is 13.3 Å². The molecule has 0 radical (unpaired) electrons. The van der Waals surface area contributed by atoms with Crippen molar-refractivity contribution in [1.82, 2.24) is 5.32 Å². The highest BCUT2D eigenvalue weighted by molar-refractivity contribution is 7.51. The van der Waals surface area contributed by atoms with Crippen LogP contribution in [0.2, 0.25) is 0 Å². The van der Waals surface area contributed by atoms with Crippen molar-refractivity contribution in [1.29, 1.82) is 0 Å². The van der Waals surface area contributed by atoms with E-state index >= 15 is 0 Å². The summed E-state index contributed by atoms with van der Waals surface area (Å²) < 4.78 is 10.5. The fourth-order valence-electron chi connectivity index (χ4n) is 0.894. The summed E-state index contributed by atoms with van der Waals surface area (Å²) in [6, 6.07) is 0. The molecule has 0 aliphatic heterocycles. The zero-order valence-corrected chi connectivity index (χ0v) is 9.98. The predicted octanol–water partition coefficient (Wildman–Crippen LogP) is -1.34. The lowest BCUT2D eigenvalue weighted by atomic mass is 9.92. The van der Waals surface area contributed by atoms with Crippen molar-refractivity contribution < 1.29 is 29.4 Å². The van der Waals surface area contributed by atoms with Gasteiger partial charge in [0.05, 0.1) is 24.8 Å². The molecule has 0 fully saturated rings. The van der Waals surface area contributed by atoms with Crippen LogP contribution in [0.4, 0.5) is 0 Å². The molecule has 7 nitrogen and oxygen atoms in total. The van der Waals surface area contributed by atoms with Crippen LogP contribution in [0.15, 0.2) is 0 Å². The van der Waals surface area contributed by atoms with Gasteiger partial charge in [0.2, 0.25) is 5.91 Å². The third kappa shape index (κ3) is 5.58. The van der Waals surface area contributed by atoms with Crippen LogP contribution in [-0.4, -0.2) is 51.8 Å². The molecule has 8 heteroatoms. The summed E-state index contributed by atoms with van der Waals surface area (Å²) in [6.07, 6.45) is -0.162. The zero-order valence-electron chi connectivity index (χ0n) is 9.09. The first-order valence-electron chi connectivity index (χ1n) is 4.80. The third-order valence-electron chi connectivity index (χ3n) is 2.16. The van der Waals surface area contributed by atoms with Crippen molar-refractivity contribution in [2.75, 3.05) is 25.9 Å². The Balaban J connectivity index is 3.95. The van der Waals surface area contributed by atoms with E-state index in [1.165, 1.54) is 6.92 Å². The molecule has 0 unspecified atom stereocenters. The summed E-state index contributed by atoms with van der Waals surface area (Å²) in [5.41, 5.74) is -1.26. The van der Waals surface area contributed by atoms with E-state index in [4.69, 9.17) is 20.0 Å². The molecule has 0 saturated heterocycles. The number of rotatable bonds is 7. The molecule has 0 spiro atoms. The maximum absolute atomic E-state index is 11.4. The molecule has 0 heterocycles. The highest BCUT2D eigenvalue weighted by Gasteiger charge is 2.31. The lowest BCUT2D eigenvalue weighted by Gasteiger charge is -2.23. The minimum Gasteiger partial charge on any atom is -0.395 e. The molecule has 0 aliphatic rings. The van der Waals surface area contributed by atoms with Crippen molar-refractivity contribution in [3.05, 3.63) is 0 Å². The fourth-order valence-corrected chi connectivity index (χ4v) is 1.46. The lowest BCUT2D eigenvalue weighted by molar-refractivity contribution is -0.134. The number of carbonyl (C=O) groups is 1. The third-order valence-corrected chi connectivity index (χ3v) is 3.06. The van der Waals surface area contributed by atoms with Crippen LogP contribution in [0.25, 0.3) is 0 Å². The normalized spacial score (nSPS) is 12.6. The first-order chi connectivity index (χ1) is 7.25. The summed E-state index contributed by atoms with van der Waals surface area (Å²) in [5, 5.41) is 20.2. The van der Waals surface area contributed by atoms with Gasteiger partial charge in [0.1, 0.15) is 0 Å². The van der Waals surface area contributed by atoms with Crippen LogP contribution in [0, 0.1) is 5.41 Å². The number of nitrogens with one attached hydrogen (secondary N) is 1. The van der Waals surface area contributed by atoms with E-state index in [1.54, 1.807) is 0 Å². The predicted molar refractivity (Wildman–Crippen MR) is 56.8 cm³/mol. The molecular formula is C8H18NO6P. The molecule has 0 aromatic carbocycles. The van der Waals surface area contributed by atoms with Gasteiger partial charge in [-0.3, -0.25) is 9.36 Å². The Kier molecular flexibility index (Phi) is 6.14. The van der Waals surface area contributed by atoms with E-state index in [2.05, 4.69) is 5.32 Å². The highest BCUT2D eigenvalue weighted by atomic mass is 31.2. The van der Waals surface area contributed by atoms with Gasteiger partial charge in [-0.1, -0.05) is 0 Å². The van der Waals surface area contributed by atoms with Crippen LogP contribution in [-0.2, 0) is 9.36 Å². The number of hydrogen-bond donors (Lipinski definition) is 5. The molecule has 5 N–H and O–H groups in total. The summed E-state index contributed by atoms with van der Waals surface area (Å²) >= 11 is 0. The summed E-state index contributed by atoms with van der Waals surface area (Å²) in [5.74, 6) is -0.539. The quantitative estimate of drug-likeness (QED) is 0.283. The monoisotopic (exact) mass is 255 g/mol. The van der Waals surface area contributed by atoms with Crippen LogP contribution >= 0.6 is 7.60 Å². The smallest absolute Gasteiger partial charge is 0.325 e. The maximum Gasteiger partial charge on any atom is 0.325 e. The lowest BCUT2D eigenvalue weighted by Crippen LogP contribution is -2.44. The first kappa shape index (κ1) is 15.5. The second-order valence-corrected chi connectivity index (χ2v) is 5.65. The first-order valence-corrected chi connectivity index (χ1v) is 6.59. The second kappa shape index (κ2) is 6.32. The van der Waals surface area contributed by atoms with Gasteiger partial charge in [-0.05, 0) is 13.3 Å². The molecule has 16 heavy (non-hydrogen) atoms. The SMILES string of the molecule is CC(CO)(CO)C(=O)NCCCP(=O)(O)O. The van der Waals surface area contributed by atoms with Crippen LogP contribution in [0.1, 0.15) is 13.3 Å². The van der Waals surface area contributed by atoms with Crippen molar-refractivity contribution in [2.24, 2.45) is 5.41 Å². The average molecular weight is 255 g/mol. The van der Waals surface area contributed by atoms with Gasteiger partial charge in [-0.2, -0.15) is 0 Å². The van der Waals surface area contributed by atoms with Crippen LogP contribution in [0.5, 0.6) is 0 Å². The average Bonchev–Trinajstić information content (AvgIpc) is 2.21. The minimum atomic E-state index is -4.03. The Bertz CT molecular complexity index is 272. The molecule has 0 bridgehead atoms. The van der Waals surface area contributed by atoms with Crippen molar-refractivity contribution >= 4 is 13.5 Å². The Morgan fingerprint density at radius 1 is 1.31 bits per heavy atom. The fraction of sp³-hybridized carbons (Fsp3) is 0.875. The van der Waals surface area contributed by atoms with Gasteiger partial charge in [0.25, 0.3) is 0 Å². The Hall–Kier alpha value is -0.460. The molecule has 0 aliphatic carbocycles. The van der Waals surface area contributed by atoms with E-state index in [9.17, 15) is 9.36 Å². The highest BCUT2D eigenvalue weighted by Crippen LogP contribution is 2.34. The van der Waals surface area contributed by atoms with E-state index in [1.807, 2.05) is 0 Å². The van der Waals surface area contributed by atoms with Gasteiger partial charge in [-0.25, -0.2) is 0 Å².